The number of alkyl halides is 1. The molecule has 0 heterocycles. The molecule has 122 valence electrons. The fourth-order valence-electron chi connectivity index (χ4n) is 2.72. The van der Waals surface area contributed by atoms with E-state index in [-0.39, 0.29) is 5.41 Å². The first kappa shape index (κ1) is 20.1. The van der Waals surface area contributed by atoms with E-state index in [1.807, 2.05) is 6.92 Å². The standard InChI is InChI=1S/C17H27F.C3H8/c1-12-9-10-14(11-13(12)2)17(8,15(3,4)5)16(6,7)18;1-3-2/h9-11H,1-8H3;3H2,1-2H3. The van der Waals surface area contributed by atoms with Crippen LogP contribution in [0.25, 0.3) is 0 Å². The van der Waals surface area contributed by atoms with E-state index < -0.39 is 11.1 Å². The minimum absolute atomic E-state index is 0.146. The summed E-state index contributed by atoms with van der Waals surface area (Å²) in [5.41, 5.74) is 1.64. The lowest BCUT2D eigenvalue weighted by Gasteiger charge is -2.49. The zero-order valence-electron chi connectivity index (χ0n) is 15.8. The zero-order chi connectivity index (χ0) is 17.1. The average Bonchev–Trinajstić information content (AvgIpc) is 2.29. The Morgan fingerprint density at radius 1 is 0.857 bits per heavy atom. The van der Waals surface area contributed by atoms with E-state index >= 15 is 0 Å². The molecule has 0 aliphatic rings. The molecular weight excluding hydrogens is 259 g/mol. The average molecular weight is 294 g/mol. The van der Waals surface area contributed by atoms with Crippen molar-refractivity contribution in [2.45, 2.75) is 86.7 Å². The number of rotatable bonds is 2. The van der Waals surface area contributed by atoms with E-state index in [0.717, 1.165) is 5.56 Å². The molecule has 0 saturated carbocycles. The zero-order valence-corrected chi connectivity index (χ0v) is 15.8. The van der Waals surface area contributed by atoms with Gasteiger partial charge in [0, 0.05) is 5.41 Å². The van der Waals surface area contributed by atoms with Crippen molar-refractivity contribution in [1.82, 2.24) is 0 Å². The Balaban J connectivity index is 0.00000122. The van der Waals surface area contributed by atoms with E-state index in [1.165, 1.54) is 17.5 Å². The molecule has 1 aromatic rings. The monoisotopic (exact) mass is 294 g/mol. The summed E-state index contributed by atoms with van der Waals surface area (Å²) in [6, 6.07) is 6.32. The molecule has 0 aliphatic carbocycles. The van der Waals surface area contributed by atoms with Gasteiger partial charge < -0.3 is 0 Å². The summed E-state index contributed by atoms with van der Waals surface area (Å²) in [6.45, 7) is 20.2. The van der Waals surface area contributed by atoms with E-state index in [9.17, 15) is 4.39 Å². The highest BCUT2D eigenvalue weighted by Crippen LogP contribution is 2.50. The second-order valence-electron chi connectivity index (χ2n) is 7.85. The maximum absolute atomic E-state index is 14.9. The van der Waals surface area contributed by atoms with Gasteiger partial charge in [-0.15, -0.1) is 0 Å². The van der Waals surface area contributed by atoms with Crippen molar-refractivity contribution in [3.05, 3.63) is 34.9 Å². The maximum atomic E-state index is 14.9. The highest BCUT2D eigenvalue weighted by molar-refractivity contribution is 5.37. The van der Waals surface area contributed by atoms with Gasteiger partial charge in [-0.25, -0.2) is 4.39 Å². The van der Waals surface area contributed by atoms with Crippen LogP contribution in [0.1, 0.15) is 78.5 Å². The normalized spacial score (nSPS) is 15.0. The second kappa shape index (κ2) is 6.94. The van der Waals surface area contributed by atoms with Crippen LogP contribution in [-0.2, 0) is 5.41 Å². The van der Waals surface area contributed by atoms with Crippen molar-refractivity contribution in [3.63, 3.8) is 0 Å². The van der Waals surface area contributed by atoms with Crippen molar-refractivity contribution < 1.29 is 4.39 Å². The van der Waals surface area contributed by atoms with Crippen LogP contribution >= 0.6 is 0 Å². The Morgan fingerprint density at radius 3 is 1.57 bits per heavy atom. The van der Waals surface area contributed by atoms with Gasteiger partial charge in [0.15, 0.2) is 0 Å². The van der Waals surface area contributed by atoms with Crippen LogP contribution in [0.5, 0.6) is 0 Å². The van der Waals surface area contributed by atoms with Crippen molar-refractivity contribution in [2.75, 3.05) is 0 Å². The first-order chi connectivity index (χ1) is 9.32. The Bertz CT molecular complexity index is 430. The summed E-state index contributed by atoms with van der Waals surface area (Å²) >= 11 is 0. The van der Waals surface area contributed by atoms with Crippen LogP contribution in [0.4, 0.5) is 4.39 Å². The molecule has 0 aliphatic heterocycles. The molecule has 0 fully saturated rings. The predicted octanol–water partition coefficient (Wildman–Crippen LogP) is 6.77. The van der Waals surface area contributed by atoms with Crippen LogP contribution in [0, 0.1) is 19.3 Å². The molecule has 21 heavy (non-hydrogen) atoms. The topological polar surface area (TPSA) is 0 Å². The Morgan fingerprint density at radius 2 is 1.29 bits per heavy atom. The fourth-order valence-corrected chi connectivity index (χ4v) is 2.72. The number of hydrogen-bond donors (Lipinski definition) is 0. The number of aryl methyl sites for hydroxylation is 2. The van der Waals surface area contributed by atoms with E-state index in [2.05, 4.69) is 66.7 Å². The molecule has 0 nitrogen and oxygen atoms in total. The maximum Gasteiger partial charge on any atom is 0.115 e. The Labute approximate surface area is 132 Å². The molecule has 0 amide bonds. The molecule has 1 aromatic carbocycles. The van der Waals surface area contributed by atoms with Crippen molar-refractivity contribution in [1.29, 1.82) is 0 Å². The van der Waals surface area contributed by atoms with Crippen LogP contribution in [0.15, 0.2) is 18.2 Å². The minimum Gasteiger partial charge on any atom is -0.244 e. The van der Waals surface area contributed by atoms with Gasteiger partial charge >= 0.3 is 0 Å². The molecule has 1 rings (SSSR count). The highest BCUT2D eigenvalue weighted by atomic mass is 19.1. The Kier molecular flexibility index (Phi) is 6.66. The van der Waals surface area contributed by atoms with Gasteiger partial charge in [0.05, 0.1) is 0 Å². The molecule has 0 bridgehead atoms. The first-order valence-electron chi connectivity index (χ1n) is 8.09. The van der Waals surface area contributed by atoms with Crippen molar-refractivity contribution in [2.24, 2.45) is 5.41 Å². The van der Waals surface area contributed by atoms with E-state index in [1.54, 1.807) is 13.8 Å². The summed E-state index contributed by atoms with van der Waals surface area (Å²) < 4.78 is 14.9. The quantitative estimate of drug-likeness (QED) is 0.564. The smallest absolute Gasteiger partial charge is 0.115 e. The molecule has 0 aromatic heterocycles. The van der Waals surface area contributed by atoms with Gasteiger partial charge in [0.25, 0.3) is 0 Å². The number of halogens is 1. The minimum atomic E-state index is -1.27. The van der Waals surface area contributed by atoms with Crippen molar-refractivity contribution >= 4 is 0 Å². The lowest BCUT2D eigenvalue weighted by Crippen LogP contribution is -2.51. The van der Waals surface area contributed by atoms with Crippen LogP contribution < -0.4 is 0 Å². The SMILES string of the molecule is CCC.Cc1ccc(C(C)(C(C)(C)C)C(C)(C)F)cc1C. The largest absolute Gasteiger partial charge is 0.244 e. The highest BCUT2D eigenvalue weighted by Gasteiger charge is 2.51. The number of benzene rings is 1. The van der Waals surface area contributed by atoms with Gasteiger partial charge in [-0.1, -0.05) is 66.2 Å². The third kappa shape index (κ3) is 4.31. The van der Waals surface area contributed by atoms with Gasteiger partial charge in [-0.3, -0.25) is 0 Å². The number of hydrogen-bond acceptors (Lipinski definition) is 0. The molecular formula is C20H35F. The lowest BCUT2D eigenvalue weighted by atomic mass is 9.57. The van der Waals surface area contributed by atoms with Gasteiger partial charge in [0.1, 0.15) is 5.67 Å². The van der Waals surface area contributed by atoms with Crippen LogP contribution in [0.3, 0.4) is 0 Å². The fraction of sp³-hybridized carbons (Fsp3) is 0.700. The summed E-state index contributed by atoms with van der Waals surface area (Å²) in [4.78, 5) is 0. The molecule has 1 atom stereocenters. The van der Waals surface area contributed by atoms with E-state index in [4.69, 9.17) is 0 Å². The predicted molar refractivity (Wildman–Crippen MR) is 93.9 cm³/mol. The van der Waals surface area contributed by atoms with Gasteiger partial charge in [0.2, 0.25) is 0 Å². The van der Waals surface area contributed by atoms with E-state index in [0.29, 0.717) is 0 Å². The third-order valence-corrected chi connectivity index (χ3v) is 4.77. The van der Waals surface area contributed by atoms with Crippen LogP contribution in [-0.4, -0.2) is 5.67 Å². The lowest BCUT2D eigenvalue weighted by molar-refractivity contribution is 0.0178. The molecule has 1 heteroatoms. The summed E-state index contributed by atoms with van der Waals surface area (Å²) in [5.74, 6) is 0. The Hall–Kier alpha value is -0.850. The summed E-state index contributed by atoms with van der Waals surface area (Å²) in [7, 11) is 0. The first-order valence-corrected chi connectivity index (χ1v) is 8.09. The molecule has 0 spiro atoms. The summed E-state index contributed by atoms with van der Waals surface area (Å²) in [5, 5.41) is 0. The summed E-state index contributed by atoms with van der Waals surface area (Å²) in [6.07, 6.45) is 1.25. The van der Waals surface area contributed by atoms with Crippen LogP contribution in [0.2, 0.25) is 0 Å². The van der Waals surface area contributed by atoms with Gasteiger partial charge in [-0.2, -0.15) is 0 Å². The molecule has 0 N–H and O–H groups in total. The molecule has 0 saturated heterocycles. The third-order valence-electron chi connectivity index (χ3n) is 4.77. The second-order valence-corrected chi connectivity index (χ2v) is 7.85. The molecule has 0 radical (unpaired) electrons. The van der Waals surface area contributed by atoms with Gasteiger partial charge in [-0.05, 0) is 49.8 Å². The van der Waals surface area contributed by atoms with Crippen molar-refractivity contribution in [3.8, 4) is 0 Å². The molecule has 1 unspecified atom stereocenters.